The smallest absolute Gasteiger partial charge is 0.119 e. The van der Waals surface area contributed by atoms with Crippen molar-refractivity contribution in [1.29, 1.82) is 0 Å². The van der Waals surface area contributed by atoms with E-state index in [0.717, 1.165) is 18.6 Å². The van der Waals surface area contributed by atoms with Gasteiger partial charge in [0.05, 0.1) is 118 Å². The van der Waals surface area contributed by atoms with Crippen LogP contribution in [0.25, 0.3) is 0 Å². The lowest BCUT2D eigenvalue weighted by Gasteiger charge is -2.16. The van der Waals surface area contributed by atoms with Crippen LogP contribution in [0.4, 0.5) is 0 Å². The van der Waals surface area contributed by atoms with Gasteiger partial charge in [0.25, 0.3) is 0 Å². The number of ether oxygens (including phenoxy) is 10. The predicted octanol–water partition coefficient (Wildman–Crippen LogP) is 4.96. The van der Waals surface area contributed by atoms with Crippen LogP contribution >= 0.6 is 0 Å². The van der Waals surface area contributed by atoms with Gasteiger partial charge in [-0.3, -0.25) is 0 Å². The number of rotatable bonds is 35. The van der Waals surface area contributed by atoms with Gasteiger partial charge >= 0.3 is 0 Å². The first-order valence-electron chi connectivity index (χ1n) is 16.3. The van der Waals surface area contributed by atoms with Crippen LogP contribution in [-0.4, -0.2) is 125 Å². The second kappa shape index (κ2) is 33.6. The molecule has 10 nitrogen and oxygen atoms in total. The molecule has 0 heterocycles. The highest BCUT2D eigenvalue weighted by Gasteiger charge is 2.06. The van der Waals surface area contributed by atoms with Crippen molar-refractivity contribution in [3.8, 4) is 5.75 Å². The van der Waals surface area contributed by atoms with Crippen LogP contribution < -0.4 is 4.74 Å². The summed E-state index contributed by atoms with van der Waals surface area (Å²) in [7, 11) is 0. The molecule has 252 valence electrons. The highest BCUT2D eigenvalue weighted by molar-refractivity contribution is 5.20. The molecule has 1 aromatic carbocycles. The molecular formula is C33H60O10. The van der Waals surface area contributed by atoms with E-state index < -0.39 is 0 Å². The fourth-order valence-electron chi connectivity index (χ4n) is 3.85. The van der Waals surface area contributed by atoms with E-state index in [-0.39, 0.29) is 0 Å². The molecule has 0 N–H and O–H groups in total. The second-order valence-electron chi connectivity index (χ2n) is 9.81. The first-order chi connectivity index (χ1) is 21.4. The van der Waals surface area contributed by atoms with Gasteiger partial charge < -0.3 is 47.4 Å². The normalized spacial score (nSPS) is 12.1. The van der Waals surface area contributed by atoms with Crippen LogP contribution in [0.2, 0.25) is 0 Å². The average Bonchev–Trinajstić information content (AvgIpc) is 3.03. The van der Waals surface area contributed by atoms with E-state index in [9.17, 15) is 0 Å². The SMILES string of the molecule is CCCCCCC(CC)OCCOCCOCCOCCOCCOCCOCCOCCOCCOc1ccccc1. The Morgan fingerprint density at radius 1 is 0.442 bits per heavy atom. The number of unbranched alkanes of at least 4 members (excludes halogenated alkanes) is 3. The average molecular weight is 617 g/mol. The van der Waals surface area contributed by atoms with Crippen LogP contribution in [0.1, 0.15) is 52.4 Å². The highest BCUT2D eigenvalue weighted by atomic mass is 16.6. The summed E-state index contributed by atoms with van der Waals surface area (Å²) >= 11 is 0. The van der Waals surface area contributed by atoms with Crippen molar-refractivity contribution < 1.29 is 47.4 Å². The zero-order chi connectivity index (χ0) is 30.7. The molecule has 0 bridgehead atoms. The second-order valence-corrected chi connectivity index (χ2v) is 9.81. The van der Waals surface area contributed by atoms with Crippen LogP contribution in [0.5, 0.6) is 5.75 Å². The van der Waals surface area contributed by atoms with Crippen molar-refractivity contribution in [3.05, 3.63) is 30.3 Å². The number of benzene rings is 1. The molecule has 0 spiro atoms. The molecule has 1 unspecified atom stereocenters. The molecule has 43 heavy (non-hydrogen) atoms. The minimum atomic E-state index is 0.358. The van der Waals surface area contributed by atoms with Gasteiger partial charge in [0.1, 0.15) is 12.4 Å². The Morgan fingerprint density at radius 3 is 1.23 bits per heavy atom. The monoisotopic (exact) mass is 616 g/mol. The summed E-state index contributed by atoms with van der Waals surface area (Å²) in [6.07, 6.45) is 7.71. The molecule has 0 aliphatic heterocycles. The number of para-hydroxylation sites is 1. The van der Waals surface area contributed by atoms with E-state index >= 15 is 0 Å². The summed E-state index contributed by atoms with van der Waals surface area (Å²) in [6.45, 7) is 14.2. The largest absolute Gasteiger partial charge is 0.491 e. The van der Waals surface area contributed by atoms with Crippen molar-refractivity contribution in [2.75, 3.05) is 119 Å². The standard InChI is InChI=1S/C33H60O10/c1-3-5-6-8-11-32(4-2)42-30-28-40-26-24-38-22-20-36-18-16-34-14-15-35-17-19-37-21-23-39-25-27-41-29-31-43-33-12-9-7-10-13-33/h7,9-10,12-13,32H,3-6,8,11,14-31H2,1-2H3. The Kier molecular flexibility index (Phi) is 31.0. The van der Waals surface area contributed by atoms with E-state index in [4.69, 9.17) is 47.4 Å². The molecule has 0 aliphatic carbocycles. The maximum absolute atomic E-state index is 5.91. The van der Waals surface area contributed by atoms with Gasteiger partial charge in [0.15, 0.2) is 0 Å². The molecule has 1 rings (SSSR count). The molecule has 0 radical (unpaired) electrons. The van der Waals surface area contributed by atoms with E-state index in [1.165, 1.54) is 25.7 Å². The first kappa shape index (κ1) is 39.7. The molecule has 0 amide bonds. The van der Waals surface area contributed by atoms with E-state index in [2.05, 4.69) is 13.8 Å². The minimum Gasteiger partial charge on any atom is -0.491 e. The molecule has 1 atom stereocenters. The van der Waals surface area contributed by atoms with Gasteiger partial charge in [-0.2, -0.15) is 0 Å². The van der Waals surface area contributed by atoms with Crippen molar-refractivity contribution in [2.45, 2.75) is 58.5 Å². The van der Waals surface area contributed by atoms with Crippen molar-refractivity contribution >= 4 is 0 Å². The summed E-state index contributed by atoms with van der Waals surface area (Å²) in [6, 6.07) is 9.69. The molecule has 0 aliphatic rings. The lowest BCUT2D eigenvalue weighted by molar-refractivity contribution is -0.0303. The van der Waals surface area contributed by atoms with Crippen molar-refractivity contribution in [2.24, 2.45) is 0 Å². The molecule has 0 saturated carbocycles. The van der Waals surface area contributed by atoms with E-state index in [1.807, 2.05) is 30.3 Å². The fraction of sp³-hybridized carbons (Fsp3) is 0.818. The molecule has 0 saturated heterocycles. The van der Waals surface area contributed by atoms with Crippen LogP contribution in [0.3, 0.4) is 0 Å². The maximum Gasteiger partial charge on any atom is 0.119 e. The lowest BCUT2D eigenvalue weighted by atomic mass is 10.1. The van der Waals surface area contributed by atoms with Gasteiger partial charge in [-0.05, 0) is 25.0 Å². The highest BCUT2D eigenvalue weighted by Crippen LogP contribution is 2.11. The van der Waals surface area contributed by atoms with Crippen LogP contribution in [0.15, 0.2) is 30.3 Å². The zero-order valence-corrected chi connectivity index (χ0v) is 27.0. The van der Waals surface area contributed by atoms with Crippen LogP contribution in [0, 0.1) is 0 Å². The fourth-order valence-corrected chi connectivity index (χ4v) is 3.85. The topological polar surface area (TPSA) is 92.3 Å². The quantitative estimate of drug-likeness (QED) is 0.0975. The third-order valence-electron chi connectivity index (χ3n) is 6.26. The summed E-state index contributed by atoms with van der Waals surface area (Å²) < 4.78 is 55.5. The minimum absolute atomic E-state index is 0.358. The third-order valence-corrected chi connectivity index (χ3v) is 6.26. The molecule has 0 aromatic heterocycles. The van der Waals surface area contributed by atoms with Crippen molar-refractivity contribution in [3.63, 3.8) is 0 Å². The Bertz CT molecular complexity index is 652. The molecular weight excluding hydrogens is 556 g/mol. The number of hydrogen-bond acceptors (Lipinski definition) is 10. The van der Waals surface area contributed by atoms with Gasteiger partial charge in [-0.25, -0.2) is 0 Å². The van der Waals surface area contributed by atoms with Gasteiger partial charge in [-0.1, -0.05) is 57.7 Å². The summed E-state index contributed by atoms with van der Waals surface area (Å²) in [5.41, 5.74) is 0. The molecule has 10 heteroatoms. The zero-order valence-electron chi connectivity index (χ0n) is 27.0. The summed E-state index contributed by atoms with van der Waals surface area (Å²) in [5.74, 6) is 0.849. The van der Waals surface area contributed by atoms with Gasteiger partial charge in [0.2, 0.25) is 0 Å². The van der Waals surface area contributed by atoms with Gasteiger partial charge in [0, 0.05) is 0 Å². The molecule has 0 fully saturated rings. The Labute approximate surface area is 260 Å². The van der Waals surface area contributed by atoms with Gasteiger partial charge in [-0.15, -0.1) is 0 Å². The Morgan fingerprint density at radius 2 is 0.837 bits per heavy atom. The van der Waals surface area contributed by atoms with Crippen LogP contribution in [-0.2, 0) is 42.6 Å². The maximum atomic E-state index is 5.91. The Hall–Kier alpha value is -1.34. The summed E-state index contributed by atoms with van der Waals surface area (Å²) in [5, 5.41) is 0. The lowest BCUT2D eigenvalue weighted by Crippen LogP contribution is -2.17. The third kappa shape index (κ3) is 29.1. The Balaban J connectivity index is 1.66. The van der Waals surface area contributed by atoms with Crippen molar-refractivity contribution in [1.82, 2.24) is 0 Å². The molecule has 1 aromatic rings. The number of hydrogen-bond donors (Lipinski definition) is 0. The summed E-state index contributed by atoms with van der Waals surface area (Å²) in [4.78, 5) is 0. The van der Waals surface area contributed by atoms with E-state index in [0.29, 0.717) is 125 Å². The van der Waals surface area contributed by atoms with E-state index in [1.54, 1.807) is 0 Å². The predicted molar refractivity (Wildman–Crippen MR) is 167 cm³/mol. The first-order valence-corrected chi connectivity index (χ1v) is 16.3.